The highest BCUT2D eigenvalue weighted by molar-refractivity contribution is 5.86. The molecular formula is C11H18N4O2. The Bertz CT molecular complexity index is 327. The van der Waals surface area contributed by atoms with Crippen LogP contribution < -0.4 is 10.6 Å². The largest absolute Gasteiger partial charge is 0.353 e. The molecule has 6 nitrogen and oxygen atoms in total. The Labute approximate surface area is 101 Å². The first-order valence-corrected chi connectivity index (χ1v) is 5.77. The maximum atomic E-state index is 12.1. The minimum atomic E-state index is -0.376. The Morgan fingerprint density at radius 1 is 1.71 bits per heavy atom. The van der Waals surface area contributed by atoms with Crippen LogP contribution in [0.2, 0.25) is 0 Å². The van der Waals surface area contributed by atoms with Crippen molar-refractivity contribution in [1.29, 1.82) is 5.26 Å². The molecule has 1 fully saturated rings. The molecule has 2 unspecified atom stereocenters. The molecule has 0 aromatic carbocycles. The first-order valence-electron chi connectivity index (χ1n) is 5.77. The number of rotatable bonds is 4. The highest BCUT2D eigenvalue weighted by Crippen LogP contribution is 2.02. The molecule has 1 saturated heterocycles. The highest BCUT2D eigenvalue weighted by atomic mass is 16.2. The van der Waals surface area contributed by atoms with E-state index in [1.165, 1.54) is 0 Å². The second-order valence-corrected chi connectivity index (χ2v) is 4.14. The molecule has 17 heavy (non-hydrogen) atoms. The van der Waals surface area contributed by atoms with E-state index >= 15 is 0 Å². The van der Waals surface area contributed by atoms with Gasteiger partial charge in [-0.25, -0.2) is 0 Å². The summed E-state index contributed by atoms with van der Waals surface area (Å²) in [7, 11) is 0. The third-order valence-electron chi connectivity index (χ3n) is 2.72. The van der Waals surface area contributed by atoms with Crippen LogP contribution in [0.25, 0.3) is 0 Å². The molecule has 0 aromatic heterocycles. The number of nitrogens with one attached hydrogen (secondary N) is 2. The van der Waals surface area contributed by atoms with Crippen molar-refractivity contribution in [2.45, 2.75) is 19.9 Å². The van der Waals surface area contributed by atoms with Gasteiger partial charge >= 0.3 is 0 Å². The van der Waals surface area contributed by atoms with Crippen LogP contribution in [0.1, 0.15) is 13.8 Å². The standard InChI is InChI=1S/C11H18N4O2/c1-3-15(7-8(2)4-12)11(17)9-5-14-10(16)6-13-9/h8-9,13H,3,5-7H2,1-2H3,(H,14,16). The Balaban J connectivity index is 2.54. The van der Waals surface area contributed by atoms with Crippen LogP contribution >= 0.6 is 0 Å². The van der Waals surface area contributed by atoms with Crippen molar-refractivity contribution >= 4 is 11.8 Å². The molecule has 0 aliphatic carbocycles. The highest BCUT2D eigenvalue weighted by Gasteiger charge is 2.27. The minimum absolute atomic E-state index is 0.0606. The second kappa shape index (κ2) is 6.21. The van der Waals surface area contributed by atoms with Gasteiger partial charge in [-0.1, -0.05) is 0 Å². The molecule has 6 heteroatoms. The van der Waals surface area contributed by atoms with E-state index in [-0.39, 0.29) is 30.3 Å². The fourth-order valence-corrected chi connectivity index (χ4v) is 1.71. The minimum Gasteiger partial charge on any atom is -0.353 e. The molecule has 2 N–H and O–H groups in total. The van der Waals surface area contributed by atoms with E-state index in [2.05, 4.69) is 16.7 Å². The van der Waals surface area contributed by atoms with E-state index in [4.69, 9.17) is 5.26 Å². The van der Waals surface area contributed by atoms with Crippen LogP contribution in [0.15, 0.2) is 0 Å². The van der Waals surface area contributed by atoms with Crippen molar-refractivity contribution in [1.82, 2.24) is 15.5 Å². The molecule has 94 valence electrons. The average molecular weight is 238 g/mol. The molecule has 1 aliphatic heterocycles. The molecular weight excluding hydrogens is 220 g/mol. The summed E-state index contributed by atoms with van der Waals surface area (Å²) in [6.07, 6.45) is 0. The predicted octanol–water partition coefficient (Wildman–Crippen LogP) is -0.917. The van der Waals surface area contributed by atoms with E-state index < -0.39 is 0 Å². The van der Waals surface area contributed by atoms with Gasteiger partial charge in [0.05, 0.1) is 18.5 Å². The van der Waals surface area contributed by atoms with Crippen molar-refractivity contribution in [2.24, 2.45) is 5.92 Å². The Kier molecular flexibility index (Phi) is 4.91. The smallest absolute Gasteiger partial charge is 0.241 e. The maximum absolute atomic E-state index is 12.1. The lowest BCUT2D eigenvalue weighted by atomic mass is 10.1. The number of piperazine rings is 1. The van der Waals surface area contributed by atoms with Crippen LogP contribution in [-0.4, -0.2) is 48.9 Å². The van der Waals surface area contributed by atoms with Gasteiger partial charge < -0.3 is 10.2 Å². The van der Waals surface area contributed by atoms with Gasteiger partial charge in [0.2, 0.25) is 11.8 Å². The van der Waals surface area contributed by atoms with E-state index in [0.717, 1.165) is 0 Å². The van der Waals surface area contributed by atoms with Crippen molar-refractivity contribution < 1.29 is 9.59 Å². The Hall–Kier alpha value is -1.61. The summed E-state index contributed by atoms with van der Waals surface area (Å²) in [5.41, 5.74) is 0. The number of carbonyl (C=O) groups is 2. The molecule has 1 rings (SSSR count). The van der Waals surface area contributed by atoms with Crippen molar-refractivity contribution in [3.05, 3.63) is 0 Å². The average Bonchev–Trinajstić information content (AvgIpc) is 2.35. The normalized spacial score (nSPS) is 21.2. The summed E-state index contributed by atoms with van der Waals surface area (Å²) in [6, 6.07) is 1.73. The molecule has 0 bridgehead atoms. The molecule has 0 spiro atoms. The number of nitriles is 1. The maximum Gasteiger partial charge on any atom is 0.241 e. The van der Waals surface area contributed by atoms with Gasteiger partial charge in [0.25, 0.3) is 0 Å². The molecule has 2 atom stereocenters. The van der Waals surface area contributed by atoms with Gasteiger partial charge in [-0.3, -0.25) is 14.9 Å². The van der Waals surface area contributed by atoms with Gasteiger partial charge in [0, 0.05) is 19.6 Å². The lowest BCUT2D eigenvalue weighted by molar-refractivity contribution is -0.135. The van der Waals surface area contributed by atoms with Crippen LogP contribution in [-0.2, 0) is 9.59 Å². The zero-order valence-corrected chi connectivity index (χ0v) is 10.2. The monoisotopic (exact) mass is 238 g/mol. The number of amides is 2. The molecule has 1 aliphatic rings. The number of hydrogen-bond acceptors (Lipinski definition) is 4. The van der Waals surface area contributed by atoms with Crippen LogP contribution in [0.4, 0.5) is 0 Å². The second-order valence-electron chi connectivity index (χ2n) is 4.14. The van der Waals surface area contributed by atoms with Crippen molar-refractivity contribution in [3.63, 3.8) is 0 Å². The van der Waals surface area contributed by atoms with Crippen LogP contribution in [0, 0.1) is 17.2 Å². The van der Waals surface area contributed by atoms with Crippen LogP contribution in [0.5, 0.6) is 0 Å². The molecule has 0 aromatic rings. The molecule has 1 heterocycles. The predicted molar refractivity (Wildman–Crippen MR) is 61.8 cm³/mol. The van der Waals surface area contributed by atoms with Gasteiger partial charge in [0.15, 0.2) is 0 Å². The summed E-state index contributed by atoms with van der Waals surface area (Å²) in [5, 5.41) is 14.3. The third-order valence-corrected chi connectivity index (χ3v) is 2.72. The first kappa shape index (κ1) is 13.5. The lowest BCUT2D eigenvalue weighted by Crippen LogP contribution is -2.59. The summed E-state index contributed by atoms with van der Waals surface area (Å²) in [6.45, 7) is 5.14. The summed E-state index contributed by atoms with van der Waals surface area (Å²) in [5.74, 6) is -0.339. The SMILES string of the molecule is CCN(CC(C)C#N)C(=O)C1CNC(=O)CN1. The number of likely N-dealkylation sites (N-methyl/N-ethyl adjacent to an activating group) is 1. The van der Waals surface area contributed by atoms with Crippen molar-refractivity contribution in [2.75, 3.05) is 26.2 Å². The van der Waals surface area contributed by atoms with Gasteiger partial charge in [-0.2, -0.15) is 5.26 Å². The first-order chi connectivity index (χ1) is 8.08. The number of nitrogens with zero attached hydrogens (tertiary/aromatic N) is 2. The molecule has 0 saturated carbocycles. The summed E-state index contributed by atoms with van der Waals surface area (Å²) < 4.78 is 0. The molecule has 0 radical (unpaired) electrons. The zero-order chi connectivity index (χ0) is 12.8. The molecule has 2 amide bonds. The van der Waals surface area contributed by atoms with Crippen LogP contribution in [0.3, 0.4) is 0 Å². The Morgan fingerprint density at radius 3 is 2.88 bits per heavy atom. The number of hydrogen-bond donors (Lipinski definition) is 2. The summed E-state index contributed by atoms with van der Waals surface area (Å²) >= 11 is 0. The third kappa shape index (κ3) is 3.71. The van der Waals surface area contributed by atoms with Crippen molar-refractivity contribution in [3.8, 4) is 6.07 Å². The quantitative estimate of drug-likeness (QED) is 0.663. The van der Waals surface area contributed by atoms with Gasteiger partial charge in [0.1, 0.15) is 6.04 Å². The van der Waals surface area contributed by atoms with Gasteiger partial charge in [-0.15, -0.1) is 0 Å². The van der Waals surface area contributed by atoms with E-state index in [1.54, 1.807) is 11.8 Å². The van der Waals surface area contributed by atoms with E-state index in [9.17, 15) is 9.59 Å². The zero-order valence-electron chi connectivity index (χ0n) is 10.2. The summed E-state index contributed by atoms with van der Waals surface area (Å²) in [4.78, 5) is 24.7. The van der Waals surface area contributed by atoms with E-state index in [0.29, 0.717) is 19.6 Å². The number of carbonyl (C=O) groups excluding carboxylic acids is 2. The fourth-order valence-electron chi connectivity index (χ4n) is 1.71. The Morgan fingerprint density at radius 2 is 2.41 bits per heavy atom. The van der Waals surface area contributed by atoms with Gasteiger partial charge in [-0.05, 0) is 13.8 Å². The van der Waals surface area contributed by atoms with E-state index in [1.807, 2.05) is 6.92 Å². The topological polar surface area (TPSA) is 85.2 Å². The fraction of sp³-hybridized carbons (Fsp3) is 0.727. The lowest BCUT2D eigenvalue weighted by Gasteiger charge is -2.29.